The van der Waals surface area contributed by atoms with Crippen LogP contribution in [0.1, 0.15) is 48.5 Å². The summed E-state index contributed by atoms with van der Waals surface area (Å²) in [6, 6.07) is 5.34. The summed E-state index contributed by atoms with van der Waals surface area (Å²) in [5.41, 5.74) is 2.71. The van der Waals surface area contributed by atoms with E-state index in [4.69, 9.17) is 0 Å². The van der Waals surface area contributed by atoms with Gasteiger partial charge in [0, 0.05) is 24.1 Å². The Kier molecular flexibility index (Phi) is 9.85. The molecule has 9 heteroatoms. The number of nitrogens with zero attached hydrogens (tertiary/aromatic N) is 2. The third kappa shape index (κ3) is 7.32. The Morgan fingerprint density at radius 3 is 2.54 bits per heavy atom. The van der Waals surface area contributed by atoms with Crippen molar-refractivity contribution in [1.82, 2.24) is 15.6 Å². The fourth-order valence-electron chi connectivity index (χ4n) is 2.58. The Balaban J connectivity index is 0.00000392. The molecule has 6 nitrogen and oxygen atoms in total. The number of nitrogens with one attached hydrogen (secondary N) is 2. The van der Waals surface area contributed by atoms with E-state index in [1.165, 1.54) is 6.26 Å². The normalized spacial score (nSPS) is 12.0. The second kappa shape index (κ2) is 11.1. The van der Waals surface area contributed by atoms with Gasteiger partial charge in [-0.1, -0.05) is 26.0 Å². The number of rotatable bonds is 7. The molecule has 2 aromatic rings. The first-order chi connectivity index (χ1) is 12.7. The zero-order chi connectivity index (χ0) is 20.0. The average molecular weight is 537 g/mol. The highest BCUT2D eigenvalue weighted by Gasteiger charge is 2.11. The molecular weight excluding hydrogens is 507 g/mol. The number of thiazole rings is 1. The lowest BCUT2D eigenvalue weighted by atomic mass is 10.1. The lowest BCUT2D eigenvalue weighted by molar-refractivity contribution is 0.601. The van der Waals surface area contributed by atoms with Crippen LogP contribution in [-0.4, -0.2) is 32.2 Å². The van der Waals surface area contributed by atoms with Crippen LogP contribution in [0.4, 0.5) is 0 Å². The molecular formula is C19H29IN4O2S2. The predicted molar refractivity (Wildman–Crippen MR) is 128 cm³/mol. The highest BCUT2D eigenvalue weighted by molar-refractivity contribution is 14.0. The minimum Gasteiger partial charge on any atom is -0.357 e. The van der Waals surface area contributed by atoms with Crippen molar-refractivity contribution < 1.29 is 8.42 Å². The van der Waals surface area contributed by atoms with E-state index >= 15 is 0 Å². The van der Waals surface area contributed by atoms with Crippen LogP contribution in [0.15, 0.2) is 33.5 Å². The van der Waals surface area contributed by atoms with Gasteiger partial charge in [0.05, 0.1) is 28.7 Å². The zero-order valence-electron chi connectivity index (χ0n) is 16.9. The first-order valence-electron chi connectivity index (χ1n) is 8.96. The van der Waals surface area contributed by atoms with Crippen LogP contribution in [0.5, 0.6) is 0 Å². The molecule has 0 spiro atoms. The minimum absolute atomic E-state index is 0. The number of sulfone groups is 1. The molecule has 0 bridgehead atoms. The molecule has 0 aliphatic heterocycles. The van der Waals surface area contributed by atoms with Gasteiger partial charge in [0.2, 0.25) is 0 Å². The molecule has 28 heavy (non-hydrogen) atoms. The van der Waals surface area contributed by atoms with Crippen LogP contribution in [-0.2, 0) is 22.9 Å². The third-order valence-electron chi connectivity index (χ3n) is 3.90. The second-order valence-electron chi connectivity index (χ2n) is 6.75. The van der Waals surface area contributed by atoms with Crippen molar-refractivity contribution in [2.45, 2.75) is 51.6 Å². The Labute approximate surface area is 189 Å². The van der Waals surface area contributed by atoms with E-state index < -0.39 is 9.84 Å². The maximum absolute atomic E-state index is 11.7. The summed E-state index contributed by atoms with van der Waals surface area (Å²) in [6.45, 7) is 9.93. The van der Waals surface area contributed by atoms with Gasteiger partial charge in [-0.3, -0.25) is 0 Å². The highest BCUT2D eigenvalue weighted by Crippen LogP contribution is 2.19. The molecule has 1 heterocycles. The van der Waals surface area contributed by atoms with Crippen LogP contribution in [0.3, 0.4) is 0 Å². The average Bonchev–Trinajstić information content (AvgIpc) is 3.05. The highest BCUT2D eigenvalue weighted by atomic mass is 127. The minimum atomic E-state index is -3.20. The van der Waals surface area contributed by atoms with Gasteiger partial charge in [-0.05, 0) is 31.0 Å². The number of benzene rings is 1. The Morgan fingerprint density at radius 2 is 2.00 bits per heavy atom. The van der Waals surface area contributed by atoms with Gasteiger partial charge in [-0.2, -0.15) is 0 Å². The lowest BCUT2D eigenvalue weighted by Crippen LogP contribution is -2.36. The van der Waals surface area contributed by atoms with Crippen LogP contribution in [0.25, 0.3) is 0 Å². The number of guanidine groups is 1. The summed E-state index contributed by atoms with van der Waals surface area (Å²) in [5.74, 6) is 1.14. The molecule has 0 saturated heterocycles. The van der Waals surface area contributed by atoms with Crippen molar-refractivity contribution >= 4 is 51.1 Å². The second-order valence-corrected chi connectivity index (χ2v) is 9.63. The monoisotopic (exact) mass is 536 g/mol. The SMILES string of the molecule is CCNC(=NCc1ccc(S(C)(=O)=O)c(C)c1)NCc1csc(C(C)C)n1.I. The van der Waals surface area contributed by atoms with Crippen molar-refractivity contribution in [2.75, 3.05) is 12.8 Å². The van der Waals surface area contributed by atoms with Gasteiger partial charge in [0.25, 0.3) is 0 Å². The number of aliphatic imine (C=N–C) groups is 1. The van der Waals surface area contributed by atoms with Crippen molar-refractivity contribution in [3.05, 3.63) is 45.4 Å². The van der Waals surface area contributed by atoms with E-state index in [2.05, 4.69) is 39.8 Å². The van der Waals surface area contributed by atoms with Crippen LogP contribution >= 0.6 is 35.3 Å². The molecule has 1 aromatic carbocycles. The summed E-state index contributed by atoms with van der Waals surface area (Å²) in [5, 5.41) is 9.72. The van der Waals surface area contributed by atoms with Crippen molar-refractivity contribution in [3.8, 4) is 0 Å². The predicted octanol–water partition coefficient (Wildman–Crippen LogP) is 3.85. The number of aromatic nitrogens is 1. The van der Waals surface area contributed by atoms with Gasteiger partial charge in [0.1, 0.15) is 0 Å². The third-order valence-corrected chi connectivity index (χ3v) is 6.35. The summed E-state index contributed by atoms with van der Waals surface area (Å²) < 4.78 is 23.5. The van der Waals surface area contributed by atoms with Crippen LogP contribution in [0.2, 0.25) is 0 Å². The van der Waals surface area contributed by atoms with Crippen LogP contribution in [0, 0.1) is 6.92 Å². The van der Waals surface area contributed by atoms with Crippen LogP contribution < -0.4 is 10.6 Å². The molecule has 0 atom stereocenters. The molecule has 0 radical (unpaired) electrons. The summed E-state index contributed by atoms with van der Waals surface area (Å²) in [6.07, 6.45) is 1.23. The molecule has 2 N–H and O–H groups in total. The molecule has 0 unspecified atom stereocenters. The number of aryl methyl sites for hydroxylation is 1. The van der Waals surface area contributed by atoms with Gasteiger partial charge in [-0.15, -0.1) is 35.3 Å². The maximum Gasteiger partial charge on any atom is 0.191 e. The van der Waals surface area contributed by atoms with Gasteiger partial charge < -0.3 is 10.6 Å². The molecule has 0 aliphatic carbocycles. The molecule has 0 amide bonds. The Hall–Kier alpha value is -1.20. The van der Waals surface area contributed by atoms with Crippen molar-refractivity contribution in [3.63, 3.8) is 0 Å². The molecule has 2 rings (SSSR count). The van der Waals surface area contributed by atoms with E-state index in [-0.39, 0.29) is 24.0 Å². The van der Waals surface area contributed by atoms with E-state index in [1.807, 2.05) is 26.0 Å². The molecule has 0 aliphatic rings. The van der Waals surface area contributed by atoms with E-state index in [1.54, 1.807) is 17.4 Å². The van der Waals surface area contributed by atoms with Crippen molar-refractivity contribution in [1.29, 1.82) is 0 Å². The number of halogens is 1. The van der Waals surface area contributed by atoms with Gasteiger partial charge in [-0.25, -0.2) is 18.4 Å². The molecule has 156 valence electrons. The quantitative estimate of drug-likeness (QED) is 0.319. The largest absolute Gasteiger partial charge is 0.357 e. The molecule has 1 aromatic heterocycles. The zero-order valence-corrected chi connectivity index (χ0v) is 20.9. The summed E-state index contributed by atoms with van der Waals surface area (Å²) >= 11 is 1.68. The standard InChI is InChI=1S/C19H28N4O2S2.HI/c1-6-20-19(22-11-16-12-26-18(23-16)13(2)3)21-10-15-7-8-17(14(4)9-15)27(5,24)25;/h7-9,12-13H,6,10-11H2,1-5H3,(H2,20,21,22);1H. The smallest absolute Gasteiger partial charge is 0.191 e. The summed E-state index contributed by atoms with van der Waals surface area (Å²) in [7, 11) is -3.20. The van der Waals surface area contributed by atoms with E-state index in [9.17, 15) is 8.42 Å². The van der Waals surface area contributed by atoms with Crippen molar-refractivity contribution in [2.24, 2.45) is 4.99 Å². The maximum atomic E-state index is 11.7. The molecule has 0 fully saturated rings. The lowest BCUT2D eigenvalue weighted by Gasteiger charge is -2.11. The van der Waals surface area contributed by atoms with Gasteiger partial charge >= 0.3 is 0 Å². The fraction of sp³-hybridized carbons (Fsp3) is 0.474. The Morgan fingerprint density at radius 1 is 1.29 bits per heavy atom. The topological polar surface area (TPSA) is 83.5 Å². The molecule has 0 saturated carbocycles. The van der Waals surface area contributed by atoms with E-state index in [0.29, 0.717) is 29.9 Å². The fourth-order valence-corrected chi connectivity index (χ4v) is 4.38. The van der Waals surface area contributed by atoms with E-state index in [0.717, 1.165) is 28.4 Å². The van der Waals surface area contributed by atoms with Gasteiger partial charge in [0.15, 0.2) is 15.8 Å². The number of hydrogen-bond acceptors (Lipinski definition) is 5. The number of hydrogen-bond donors (Lipinski definition) is 2. The summed E-state index contributed by atoms with van der Waals surface area (Å²) in [4.78, 5) is 9.58. The first-order valence-corrected chi connectivity index (χ1v) is 11.7. The Bertz CT molecular complexity index is 908. The first kappa shape index (κ1) is 24.8.